The quantitative estimate of drug-likeness (QED) is 0.342. The Morgan fingerprint density at radius 1 is 0.724 bits per heavy atom. The molecular formula is C27H25PZr. The van der Waals surface area contributed by atoms with Gasteiger partial charge in [0.1, 0.15) is 0 Å². The molecule has 2 aliphatic rings. The predicted molar refractivity (Wildman–Crippen MR) is 124 cm³/mol. The summed E-state index contributed by atoms with van der Waals surface area (Å²) in [5, 5.41) is 1.73. The summed E-state index contributed by atoms with van der Waals surface area (Å²) in [5.41, 5.74) is 10.4. The monoisotopic (exact) mass is 470 g/mol. The Morgan fingerprint density at radius 2 is 1.45 bits per heavy atom. The number of hydrogen-bond donors (Lipinski definition) is 0. The van der Waals surface area contributed by atoms with Crippen molar-refractivity contribution in [3.8, 4) is 11.1 Å². The third-order valence-electron chi connectivity index (χ3n) is 6.12. The number of allylic oxidation sites excluding steroid dienone is 2. The van der Waals surface area contributed by atoms with E-state index in [2.05, 4.69) is 105 Å². The standard InChI is InChI=1S/C16H13.C11H12P.Zr/c1-12-10-14-8-5-9-15(16(14)11-12)13-6-3-2-4-7-13;1-12(2)11-7-9-5-3-4-6-10(9)8-11;/h2-11H,1H3;3-8H,1-2H3;. The second kappa shape index (κ2) is 7.94. The van der Waals surface area contributed by atoms with Crippen LogP contribution < -0.4 is 0 Å². The molecule has 2 heteroatoms. The molecule has 0 aliphatic heterocycles. The molecule has 142 valence electrons. The van der Waals surface area contributed by atoms with Crippen LogP contribution in [-0.4, -0.2) is 13.3 Å². The molecule has 0 saturated carbocycles. The fourth-order valence-corrected chi connectivity index (χ4v) is 12.5. The summed E-state index contributed by atoms with van der Waals surface area (Å²) in [6.45, 7) is 7.22. The van der Waals surface area contributed by atoms with Crippen molar-refractivity contribution in [2.24, 2.45) is 0 Å². The SMILES string of the molecule is CC1=Cc2c(-c3ccccc3)cccc2[CH]1[Zr][CH]1C(P(C)C)=Cc2ccccc21. The fourth-order valence-electron chi connectivity index (χ4n) is 4.68. The predicted octanol–water partition coefficient (Wildman–Crippen LogP) is 7.73. The summed E-state index contributed by atoms with van der Waals surface area (Å²) in [6.07, 6.45) is 5.00. The number of benzene rings is 3. The van der Waals surface area contributed by atoms with Crippen molar-refractivity contribution < 1.29 is 23.2 Å². The first kappa shape index (κ1) is 19.4. The maximum atomic E-state index is 2.52. The molecular weight excluding hydrogens is 446 g/mol. The first-order valence-corrected chi connectivity index (χ1v) is 15.3. The zero-order valence-corrected chi connectivity index (χ0v) is 20.5. The summed E-state index contributed by atoms with van der Waals surface area (Å²) >= 11 is -0.762. The van der Waals surface area contributed by atoms with Crippen LogP contribution in [0, 0.1) is 0 Å². The average molecular weight is 472 g/mol. The summed E-state index contributed by atoms with van der Waals surface area (Å²) in [5.74, 6) is 0. The van der Waals surface area contributed by atoms with Crippen LogP contribution in [0.3, 0.4) is 0 Å². The molecule has 0 nitrogen and oxygen atoms in total. The van der Waals surface area contributed by atoms with Crippen molar-refractivity contribution in [3.63, 3.8) is 0 Å². The molecule has 2 aliphatic carbocycles. The van der Waals surface area contributed by atoms with Gasteiger partial charge in [0.15, 0.2) is 0 Å². The number of fused-ring (bicyclic) bond motifs is 2. The van der Waals surface area contributed by atoms with Crippen LogP contribution in [0.1, 0.15) is 36.4 Å². The summed E-state index contributed by atoms with van der Waals surface area (Å²) in [6, 6.07) is 26.9. The zero-order chi connectivity index (χ0) is 20.0. The van der Waals surface area contributed by atoms with Crippen molar-refractivity contribution in [2.75, 3.05) is 13.3 Å². The van der Waals surface area contributed by atoms with Gasteiger partial charge in [-0.3, -0.25) is 0 Å². The van der Waals surface area contributed by atoms with Gasteiger partial charge >= 0.3 is 188 Å². The van der Waals surface area contributed by atoms with Crippen molar-refractivity contribution in [1.29, 1.82) is 0 Å². The normalized spacial score (nSPS) is 19.6. The van der Waals surface area contributed by atoms with E-state index in [0.717, 1.165) is 3.63 Å². The molecule has 0 bridgehead atoms. The van der Waals surface area contributed by atoms with Crippen molar-refractivity contribution in [2.45, 2.75) is 14.2 Å². The molecule has 29 heavy (non-hydrogen) atoms. The van der Waals surface area contributed by atoms with Crippen LogP contribution in [0.5, 0.6) is 0 Å². The number of rotatable bonds is 4. The maximum absolute atomic E-state index is 2.52. The van der Waals surface area contributed by atoms with Gasteiger partial charge in [0, 0.05) is 0 Å². The third-order valence-corrected chi connectivity index (χ3v) is 13.2. The van der Waals surface area contributed by atoms with Gasteiger partial charge in [-0.05, 0) is 0 Å². The van der Waals surface area contributed by atoms with E-state index in [1.165, 1.54) is 22.3 Å². The Morgan fingerprint density at radius 3 is 2.24 bits per heavy atom. The van der Waals surface area contributed by atoms with Gasteiger partial charge in [-0.2, -0.15) is 0 Å². The molecule has 0 fully saturated rings. The van der Waals surface area contributed by atoms with E-state index >= 15 is 0 Å². The molecule has 0 radical (unpaired) electrons. The van der Waals surface area contributed by atoms with Gasteiger partial charge in [0.2, 0.25) is 0 Å². The van der Waals surface area contributed by atoms with Crippen molar-refractivity contribution >= 4 is 20.1 Å². The van der Waals surface area contributed by atoms with E-state index in [9.17, 15) is 0 Å². The summed E-state index contributed by atoms with van der Waals surface area (Å²) in [7, 11) is -0.0472. The van der Waals surface area contributed by atoms with Crippen LogP contribution in [0.25, 0.3) is 23.3 Å². The first-order valence-electron chi connectivity index (χ1n) is 10.2. The van der Waals surface area contributed by atoms with Crippen LogP contribution in [0.2, 0.25) is 0 Å². The van der Waals surface area contributed by atoms with Gasteiger partial charge in [-0.15, -0.1) is 0 Å². The molecule has 2 atom stereocenters. The first-order chi connectivity index (χ1) is 14.1. The Bertz CT molecular complexity index is 1120. The van der Waals surface area contributed by atoms with E-state index in [1.807, 2.05) is 0 Å². The van der Waals surface area contributed by atoms with Crippen LogP contribution in [0.15, 0.2) is 83.7 Å². The molecule has 0 N–H and O–H groups in total. The van der Waals surface area contributed by atoms with Crippen LogP contribution in [-0.2, 0) is 23.2 Å². The average Bonchev–Trinajstić information content (AvgIpc) is 3.27. The molecule has 2 unspecified atom stereocenters. The summed E-state index contributed by atoms with van der Waals surface area (Å²) in [4.78, 5) is 0. The second-order valence-corrected chi connectivity index (χ2v) is 14.2. The van der Waals surface area contributed by atoms with E-state index in [1.54, 1.807) is 22.0 Å². The van der Waals surface area contributed by atoms with Gasteiger partial charge in [-0.1, -0.05) is 0 Å². The Kier molecular flexibility index (Phi) is 5.32. The van der Waals surface area contributed by atoms with E-state index in [0.29, 0.717) is 3.63 Å². The van der Waals surface area contributed by atoms with Crippen molar-refractivity contribution in [1.82, 2.24) is 0 Å². The molecule has 0 saturated heterocycles. The molecule has 5 rings (SSSR count). The minimum atomic E-state index is -0.762. The summed E-state index contributed by atoms with van der Waals surface area (Å²) < 4.78 is 1.39. The topological polar surface area (TPSA) is 0 Å². The van der Waals surface area contributed by atoms with Gasteiger partial charge in [-0.25, -0.2) is 0 Å². The van der Waals surface area contributed by atoms with E-state index in [4.69, 9.17) is 0 Å². The molecule has 0 spiro atoms. The van der Waals surface area contributed by atoms with Crippen LogP contribution in [0.4, 0.5) is 0 Å². The zero-order valence-electron chi connectivity index (χ0n) is 17.2. The third kappa shape index (κ3) is 3.48. The second-order valence-electron chi connectivity index (χ2n) is 8.19. The van der Waals surface area contributed by atoms with Gasteiger partial charge in [0.05, 0.1) is 0 Å². The van der Waals surface area contributed by atoms with Crippen LogP contribution >= 0.6 is 7.92 Å². The molecule has 0 amide bonds. The van der Waals surface area contributed by atoms with Gasteiger partial charge < -0.3 is 0 Å². The molecule has 0 aromatic heterocycles. The molecule has 3 aromatic carbocycles. The Hall–Kier alpha value is -1.55. The van der Waals surface area contributed by atoms with E-state index < -0.39 is 23.2 Å². The van der Waals surface area contributed by atoms with E-state index in [-0.39, 0.29) is 7.92 Å². The van der Waals surface area contributed by atoms with Crippen molar-refractivity contribution in [3.05, 3.63) is 106 Å². The van der Waals surface area contributed by atoms with Gasteiger partial charge in [0.25, 0.3) is 0 Å². The fraction of sp³-hybridized carbons (Fsp3) is 0.185. The number of hydrogen-bond acceptors (Lipinski definition) is 0. The Balaban J connectivity index is 1.54. The minimum absolute atomic E-state index is 0.0472. The Labute approximate surface area is 187 Å². The molecule has 0 heterocycles. The molecule has 3 aromatic rings.